The monoisotopic (exact) mass is 562 g/mol. The lowest BCUT2D eigenvalue weighted by Gasteiger charge is -2.12. The molecule has 0 saturated heterocycles. The van der Waals surface area contributed by atoms with Crippen molar-refractivity contribution in [2.75, 3.05) is 6.61 Å². The molecule has 8 heteroatoms. The first-order chi connectivity index (χ1) is 18.5. The van der Waals surface area contributed by atoms with E-state index < -0.39 is 5.97 Å². The molecule has 1 aromatic heterocycles. The van der Waals surface area contributed by atoms with Crippen LogP contribution in [0.4, 0.5) is 0 Å². The minimum Gasteiger partial charge on any atom is -0.490 e. The molecular formula is C30H21Cl3N2O3. The van der Waals surface area contributed by atoms with Crippen molar-refractivity contribution in [3.63, 3.8) is 0 Å². The highest BCUT2D eigenvalue weighted by atomic mass is 35.5. The number of carbonyl (C=O) groups excluding carboxylic acids is 1. The summed E-state index contributed by atoms with van der Waals surface area (Å²) in [6, 6.07) is 28.7. The van der Waals surface area contributed by atoms with Crippen LogP contribution in [0.25, 0.3) is 22.9 Å². The maximum Gasteiger partial charge on any atom is 0.343 e. The zero-order valence-corrected chi connectivity index (χ0v) is 22.3. The molecular weight excluding hydrogens is 543 g/mol. The van der Waals surface area contributed by atoms with Crippen molar-refractivity contribution in [1.29, 1.82) is 0 Å². The van der Waals surface area contributed by atoms with Gasteiger partial charge in [0.25, 0.3) is 0 Å². The summed E-state index contributed by atoms with van der Waals surface area (Å²) in [7, 11) is 0. The van der Waals surface area contributed by atoms with Crippen molar-refractivity contribution in [2.24, 2.45) is 0 Å². The molecule has 0 radical (unpaired) electrons. The van der Waals surface area contributed by atoms with E-state index in [1.807, 2.05) is 47.0 Å². The van der Waals surface area contributed by atoms with Crippen molar-refractivity contribution in [3.05, 3.63) is 129 Å². The van der Waals surface area contributed by atoms with Gasteiger partial charge in [0.1, 0.15) is 23.9 Å². The molecule has 0 spiro atoms. The van der Waals surface area contributed by atoms with Crippen LogP contribution < -0.4 is 4.74 Å². The molecule has 5 aromatic rings. The van der Waals surface area contributed by atoms with Gasteiger partial charge >= 0.3 is 5.97 Å². The molecule has 0 fully saturated rings. The Labute approximate surface area is 234 Å². The molecule has 4 aromatic carbocycles. The second kappa shape index (κ2) is 11.7. The van der Waals surface area contributed by atoms with E-state index in [2.05, 4.69) is 0 Å². The fourth-order valence-corrected chi connectivity index (χ4v) is 4.34. The quantitative estimate of drug-likeness (QED) is 0.140. The number of imidazole rings is 1. The van der Waals surface area contributed by atoms with Gasteiger partial charge in [-0.1, -0.05) is 59.1 Å². The number of benzene rings is 4. The van der Waals surface area contributed by atoms with E-state index in [9.17, 15) is 4.79 Å². The van der Waals surface area contributed by atoms with Crippen LogP contribution in [-0.4, -0.2) is 22.1 Å². The largest absolute Gasteiger partial charge is 0.490 e. The third-order valence-electron chi connectivity index (χ3n) is 5.76. The first kappa shape index (κ1) is 25.9. The fraction of sp³-hybridized carbons (Fsp3) is 0.0667. The number of ether oxygens (including phenoxy) is 2. The third kappa shape index (κ3) is 6.03. The Morgan fingerprint density at radius 2 is 1.42 bits per heavy atom. The Kier molecular flexibility index (Phi) is 7.99. The Bertz CT molecular complexity index is 1610. The van der Waals surface area contributed by atoms with Crippen LogP contribution in [0, 0.1) is 0 Å². The van der Waals surface area contributed by atoms with Gasteiger partial charge in [-0.3, -0.25) is 0 Å². The van der Waals surface area contributed by atoms with Crippen LogP contribution in [0.3, 0.4) is 0 Å². The van der Waals surface area contributed by atoms with Gasteiger partial charge in [-0.15, -0.1) is 0 Å². The molecule has 0 amide bonds. The number of para-hydroxylation sites is 3. The van der Waals surface area contributed by atoms with Gasteiger partial charge in [-0.05, 0) is 72.8 Å². The fourth-order valence-electron chi connectivity index (χ4n) is 3.90. The first-order valence-electron chi connectivity index (χ1n) is 11.8. The summed E-state index contributed by atoms with van der Waals surface area (Å²) in [5.41, 5.74) is 2.76. The molecule has 0 bridgehead atoms. The molecule has 0 atom stereocenters. The lowest BCUT2D eigenvalue weighted by Crippen LogP contribution is -2.10. The van der Waals surface area contributed by atoms with Crippen LogP contribution >= 0.6 is 34.8 Å². The average molecular weight is 564 g/mol. The highest BCUT2D eigenvalue weighted by Gasteiger charge is 2.16. The number of carbonyl (C=O) groups is 1. The summed E-state index contributed by atoms with van der Waals surface area (Å²) >= 11 is 18.3. The second-order valence-corrected chi connectivity index (χ2v) is 9.58. The van der Waals surface area contributed by atoms with E-state index >= 15 is 0 Å². The second-order valence-electron chi connectivity index (χ2n) is 8.30. The van der Waals surface area contributed by atoms with E-state index in [1.54, 1.807) is 60.7 Å². The Balaban J connectivity index is 1.51. The molecule has 5 nitrogen and oxygen atoms in total. The van der Waals surface area contributed by atoms with E-state index in [0.29, 0.717) is 56.7 Å². The molecule has 0 N–H and O–H groups in total. The minimum absolute atomic E-state index is 0.324. The van der Waals surface area contributed by atoms with E-state index in [-0.39, 0.29) is 0 Å². The normalized spacial score (nSPS) is 11.5. The van der Waals surface area contributed by atoms with Crippen molar-refractivity contribution >= 4 is 63.6 Å². The summed E-state index contributed by atoms with van der Waals surface area (Å²) in [5.74, 6) is 1.01. The Morgan fingerprint density at radius 1 is 0.789 bits per heavy atom. The van der Waals surface area contributed by atoms with Gasteiger partial charge in [-0.2, -0.15) is 0 Å². The van der Waals surface area contributed by atoms with Gasteiger partial charge in [0.05, 0.1) is 28.2 Å². The summed E-state index contributed by atoms with van der Waals surface area (Å²) in [5, 5.41) is 1.64. The SMILES string of the molecule is O=C(OC(=Cc1nc2ccccc2n1CCOc1ccccc1Cl)c1ccc(Cl)cc1)c1ccc(Cl)cc1. The number of nitrogens with zero attached hydrogens (tertiary/aromatic N) is 2. The molecule has 5 rings (SSSR count). The van der Waals surface area contributed by atoms with Crippen LogP contribution in [0.2, 0.25) is 15.1 Å². The van der Waals surface area contributed by atoms with Crippen LogP contribution in [0.5, 0.6) is 5.75 Å². The maximum atomic E-state index is 13.0. The molecule has 1 heterocycles. The van der Waals surface area contributed by atoms with Gasteiger partial charge in [-0.25, -0.2) is 9.78 Å². The number of esters is 1. The Morgan fingerprint density at radius 3 is 2.13 bits per heavy atom. The van der Waals surface area contributed by atoms with E-state index in [4.69, 9.17) is 49.3 Å². The van der Waals surface area contributed by atoms with Crippen molar-refractivity contribution in [2.45, 2.75) is 6.54 Å². The molecule has 190 valence electrons. The minimum atomic E-state index is -0.521. The standard InChI is InChI=1S/C30H21Cl3N2O3/c31-22-13-9-20(10-14-22)28(38-30(36)21-11-15-23(32)16-12-21)19-29-34-25-6-2-3-7-26(25)35(29)17-18-37-27-8-4-1-5-24(27)33/h1-16,19H,17-18H2. The number of halogens is 3. The molecule has 0 aliphatic carbocycles. The number of aromatic nitrogens is 2. The summed E-state index contributed by atoms with van der Waals surface area (Å²) in [6.45, 7) is 0.836. The van der Waals surface area contributed by atoms with Crippen molar-refractivity contribution < 1.29 is 14.3 Å². The predicted octanol–water partition coefficient (Wildman–Crippen LogP) is 8.43. The molecule has 0 aliphatic rings. The lowest BCUT2D eigenvalue weighted by molar-refractivity contribution is 0.0693. The summed E-state index contributed by atoms with van der Waals surface area (Å²) < 4.78 is 13.8. The summed E-state index contributed by atoms with van der Waals surface area (Å²) in [4.78, 5) is 17.8. The first-order valence-corrected chi connectivity index (χ1v) is 12.9. The average Bonchev–Trinajstić information content (AvgIpc) is 3.27. The number of hydrogen-bond donors (Lipinski definition) is 0. The van der Waals surface area contributed by atoms with Crippen molar-refractivity contribution in [3.8, 4) is 5.75 Å². The van der Waals surface area contributed by atoms with Crippen LogP contribution in [-0.2, 0) is 11.3 Å². The third-order valence-corrected chi connectivity index (χ3v) is 6.58. The topological polar surface area (TPSA) is 53.3 Å². The Hall–Kier alpha value is -3.77. The van der Waals surface area contributed by atoms with Gasteiger partial charge in [0.2, 0.25) is 0 Å². The van der Waals surface area contributed by atoms with Crippen LogP contribution in [0.1, 0.15) is 21.7 Å². The van der Waals surface area contributed by atoms with Crippen LogP contribution in [0.15, 0.2) is 97.1 Å². The van der Waals surface area contributed by atoms with Gasteiger partial charge < -0.3 is 14.0 Å². The van der Waals surface area contributed by atoms with Gasteiger partial charge in [0, 0.05) is 21.7 Å². The lowest BCUT2D eigenvalue weighted by atomic mass is 10.1. The van der Waals surface area contributed by atoms with E-state index in [0.717, 1.165) is 11.0 Å². The van der Waals surface area contributed by atoms with Gasteiger partial charge in [0.15, 0.2) is 0 Å². The maximum absolute atomic E-state index is 13.0. The number of fused-ring (bicyclic) bond motifs is 1. The number of hydrogen-bond acceptors (Lipinski definition) is 4. The zero-order valence-electron chi connectivity index (χ0n) is 20.0. The highest BCUT2D eigenvalue weighted by Crippen LogP contribution is 2.27. The van der Waals surface area contributed by atoms with Crippen molar-refractivity contribution in [1.82, 2.24) is 9.55 Å². The van der Waals surface area contributed by atoms with E-state index in [1.165, 1.54) is 0 Å². The number of rotatable bonds is 8. The zero-order chi connectivity index (χ0) is 26.5. The molecule has 0 unspecified atom stereocenters. The predicted molar refractivity (Wildman–Crippen MR) is 153 cm³/mol. The molecule has 0 aliphatic heterocycles. The highest BCUT2D eigenvalue weighted by molar-refractivity contribution is 6.32. The molecule has 38 heavy (non-hydrogen) atoms. The summed E-state index contributed by atoms with van der Waals surface area (Å²) in [6.07, 6.45) is 1.74. The molecule has 0 saturated carbocycles. The smallest absolute Gasteiger partial charge is 0.343 e.